The zero-order valence-electron chi connectivity index (χ0n) is 18.5. The molecule has 156 valence electrons. The first-order valence-corrected chi connectivity index (χ1v) is 11.5. The summed E-state index contributed by atoms with van der Waals surface area (Å²) in [4.78, 5) is 0. The predicted molar refractivity (Wildman–Crippen MR) is 135 cm³/mol. The van der Waals surface area contributed by atoms with E-state index in [4.69, 9.17) is 0 Å². The first-order valence-electron chi connectivity index (χ1n) is 11.5. The van der Waals surface area contributed by atoms with Gasteiger partial charge in [-0.05, 0) is 64.8 Å². The van der Waals surface area contributed by atoms with Gasteiger partial charge in [-0.1, -0.05) is 97.1 Å². The summed E-state index contributed by atoms with van der Waals surface area (Å²) in [7, 11) is 0. The highest BCUT2D eigenvalue weighted by Gasteiger charge is 2.49. The van der Waals surface area contributed by atoms with Gasteiger partial charge in [-0.15, -0.1) is 0 Å². The molecule has 0 saturated heterocycles. The molecule has 1 heteroatoms. The molecule has 4 aliphatic rings. The largest absolute Gasteiger partial charge is 0.381 e. The molecule has 1 atom stereocenters. The molecule has 0 saturated carbocycles. The van der Waals surface area contributed by atoms with Crippen LogP contribution in [0, 0.1) is 6.92 Å². The van der Waals surface area contributed by atoms with E-state index in [1.54, 1.807) is 0 Å². The lowest BCUT2D eigenvalue weighted by Gasteiger charge is -2.40. The van der Waals surface area contributed by atoms with Gasteiger partial charge in [0.2, 0.25) is 0 Å². The topological polar surface area (TPSA) is 12.0 Å². The predicted octanol–water partition coefficient (Wildman–Crippen LogP) is 7.11. The Balaban J connectivity index is 1.69. The first kappa shape index (κ1) is 19.1. The minimum Gasteiger partial charge on any atom is -0.381 e. The highest BCUT2D eigenvalue weighted by Crippen LogP contribution is 2.58. The van der Waals surface area contributed by atoms with Crippen LogP contribution in [-0.4, -0.2) is 6.54 Å². The normalized spacial score (nSPS) is 25.1. The van der Waals surface area contributed by atoms with Crippen molar-refractivity contribution >= 4 is 5.70 Å². The number of dihydropyridines is 1. The second-order valence-electron chi connectivity index (χ2n) is 9.07. The number of aryl methyl sites for hydroxylation is 1. The fourth-order valence-corrected chi connectivity index (χ4v) is 5.85. The highest BCUT2D eigenvalue weighted by molar-refractivity contribution is 5.89. The smallest absolute Gasteiger partial charge is 0.0691 e. The molecular formula is C31H27N. The Morgan fingerprint density at radius 2 is 1.78 bits per heavy atom. The number of rotatable bonds is 1. The fraction of sp³-hybridized carbons (Fsp3) is 0.161. The number of hydrogen-bond donors (Lipinski definition) is 1. The molecule has 2 aromatic carbocycles. The van der Waals surface area contributed by atoms with Crippen molar-refractivity contribution in [3.8, 4) is 11.1 Å². The van der Waals surface area contributed by atoms with E-state index < -0.39 is 0 Å². The molecule has 2 aromatic rings. The monoisotopic (exact) mass is 413 g/mol. The van der Waals surface area contributed by atoms with Crippen molar-refractivity contribution in [2.75, 3.05) is 6.54 Å². The molecule has 0 amide bonds. The third kappa shape index (κ3) is 2.64. The zero-order valence-corrected chi connectivity index (χ0v) is 18.5. The van der Waals surface area contributed by atoms with E-state index in [1.807, 2.05) is 0 Å². The Hall–Kier alpha value is -3.58. The second kappa shape index (κ2) is 7.24. The Morgan fingerprint density at radius 3 is 2.69 bits per heavy atom. The van der Waals surface area contributed by atoms with Crippen LogP contribution in [0.4, 0.5) is 0 Å². The van der Waals surface area contributed by atoms with Crippen molar-refractivity contribution in [3.05, 3.63) is 137 Å². The van der Waals surface area contributed by atoms with Crippen LogP contribution < -0.4 is 5.32 Å². The number of nitrogens with one attached hydrogen (secondary N) is 1. The van der Waals surface area contributed by atoms with Gasteiger partial charge in [0, 0.05) is 17.8 Å². The van der Waals surface area contributed by atoms with E-state index in [2.05, 4.69) is 110 Å². The maximum atomic E-state index is 4.67. The van der Waals surface area contributed by atoms with Crippen molar-refractivity contribution in [2.45, 2.75) is 25.2 Å². The molecule has 1 N–H and O–H groups in total. The van der Waals surface area contributed by atoms with Gasteiger partial charge >= 0.3 is 0 Å². The molecule has 32 heavy (non-hydrogen) atoms. The molecule has 3 aliphatic carbocycles. The van der Waals surface area contributed by atoms with Gasteiger partial charge in [0.15, 0.2) is 0 Å². The van der Waals surface area contributed by atoms with Crippen molar-refractivity contribution in [1.29, 1.82) is 0 Å². The maximum absolute atomic E-state index is 4.67. The van der Waals surface area contributed by atoms with Gasteiger partial charge in [-0.3, -0.25) is 0 Å². The standard InChI is InChI=1S/C31H27N/c1-21-9-7-13-24(19-21)25-16-17-26-29(20-25)31(28-15-8-18-32-30(26)28)22(2)10-3-4-11-23-12-5-6-14-27(23)31/h3-5,7-13,15-17,19-20,32H,2,6,14,18H2,1H3/b10-3-,11-4-. The summed E-state index contributed by atoms with van der Waals surface area (Å²) >= 11 is 0. The summed E-state index contributed by atoms with van der Waals surface area (Å²) in [5, 5.41) is 3.70. The molecule has 1 aliphatic heterocycles. The molecular weight excluding hydrogens is 386 g/mol. The lowest BCUT2D eigenvalue weighted by Crippen LogP contribution is -2.33. The van der Waals surface area contributed by atoms with Crippen molar-refractivity contribution in [1.82, 2.24) is 5.32 Å². The summed E-state index contributed by atoms with van der Waals surface area (Å²) in [6.07, 6.45) is 20.0. The van der Waals surface area contributed by atoms with E-state index in [9.17, 15) is 0 Å². The van der Waals surface area contributed by atoms with Crippen molar-refractivity contribution in [2.24, 2.45) is 0 Å². The first-order chi connectivity index (χ1) is 15.7. The van der Waals surface area contributed by atoms with Crippen LogP contribution in [0.1, 0.15) is 29.5 Å². The van der Waals surface area contributed by atoms with E-state index in [0.29, 0.717) is 0 Å². The second-order valence-corrected chi connectivity index (χ2v) is 9.07. The van der Waals surface area contributed by atoms with Crippen LogP contribution in [0.5, 0.6) is 0 Å². The molecule has 1 spiro atoms. The van der Waals surface area contributed by atoms with Crippen LogP contribution in [0.15, 0.2) is 120 Å². The van der Waals surface area contributed by atoms with Crippen LogP contribution in [0.25, 0.3) is 16.8 Å². The number of fused-ring (bicyclic) bond motifs is 5. The molecule has 0 radical (unpaired) electrons. The van der Waals surface area contributed by atoms with Crippen LogP contribution in [0.2, 0.25) is 0 Å². The van der Waals surface area contributed by atoms with E-state index in [1.165, 1.54) is 50.2 Å². The van der Waals surface area contributed by atoms with Crippen LogP contribution in [0.3, 0.4) is 0 Å². The minimum absolute atomic E-state index is 0.338. The SMILES string of the molecule is C=C1/C=C\C=C/C2=C(CCC=C2)C12C1=C(NCC=C1)c1ccc(-c3cccc(C)c3)cc12. The van der Waals surface area contributed by atoms with Gasteiger partial charge in [-0.2, -0.15) is 0 Å². The van der Waals surface area contributed by atoms with Crippen LogP contribution >= 0.6 is 0 Å². The third-order valence-corrected chi connectivity index (χ3v) is 7.22. The number of hydrogen-bond acceptors (Lipinski definition) is 1. The Labute approximate surface area is 190 Å². The third-order valence-electron chi connectivity index (χ3n) is 7.22. The molecule has 1 unspecified atom stereocenters. The quantitative estimate of drug-likeness (QED) is 0.525. The zero-order chi connectivity index (χ0) is 21.7. The summed E-state index contributed by atoms with van der Waals surface area (Å²) in [5.41, 5.74) is 12.7. The van der Waals surface area contributed by atoms with Gasteiger partial charge in [0.05, 0.1) is 5.41 Å². The minimum atomic E-state index is -0.338. The van der Waals surface area contributed by atoms with E-state index in [-0.39, 0.29) is 5.41 Å². The summed E-state index contributed by atoms with van der Waals surface area (Å²) < 4.78 is 0. The average Bonchev–Trinajstić information content (AvgIpc) is 3.12. The van der Waals surface area contributed by atoms with Gasteiger partial charge in [0.1, 0.15) is 0 Å². The lowest BCUT2D eigenvalue weighted by molar-refractivity contribution is 0.678. The summed E-state index contributed by atoms with van der Waals surface area (Å²) in [6, 6.07) is 15.8. The van der Waals surface area contributed by atoms with Gasteiger partial charge in [0.25, 0.3) is 0 Å². The fourth-order valence-electron chi connectivity index (χ4n) is 5.85. The van der Waals surface area contributed by atoms with E-state index in [0.717, 1.165) is 25.0 Å². The van der Waals surface area contributed by atoms with Crippen molar-refractivity contribution < 1.29 is 0 Å². The summed E-state index contributed by atoms with van der Waals surface area (Å²) in [5.74, 6) is 0. The molecule has 6 rings (SSSR count). The Morgan fingerprint density at radius 1 is 0.906 bits per heavy atom. The average molecular weight is 414 g/mol. The Bertz CT molecular complexity index is 1340. The molecule has 0 bridgehead atoms. The Kier molecular flexibility index (Phi) is 4.33. The lowest BCUT2D eigenvalue weighted by atomic mass is 9.62. The van der Waals surface area contributed by atoms with Gasteiger partial charge < -0.3 is 5.32 Å². The molecule has 0 fully saturated rings. The molecule has 0 aromatic heterocycles. The molecule has 1 heterocycles. The number of benzene rings is 2. The van der Waals surface area contributed by atoms with E-state index >= 15 is 0 Å². The summed E-state index contributed by atoms with van der Waals surface area (Å²) in [6.45, 7) is 7.70. The van der Waals surface area contributed by atoms with Crippen molar-refractivity contribution in [3.63, 3.8) is 0 Å². The van der Waals surface area contributed by atoms with Crippen LogP contribution in [-0.2, 0) is 5.41 Å². The van der Waals surface area contributed by atoms with Gasteiger partial charge in [-0.25, -0.2) is 0 Å². The number of allylic oxidation sites excluding steroid dienone is 11. The molecule has 1 nitrogen and oxygen atoms in total. The highest BCUT2D eigenvalue weighted by atomic mass is 14.9. The maximum Gasteiger partial charge on any atom is 0.0691 e.